The van der Waals surface area contributed by atoms with Crippen LogP contribution in [0.4, 0.5) is 0 Å². The van der Waals surface area contributed by atoms with Crippen LogP contribution in [0.25, 0.3) is 0 Å². The highest BCUT2D eigenvalue weighted by Gasteiger charge is 1.94. The summed E-state index contributed by atoms with van der Waals surface area (Å²) in [5.41, 5.74) is 0. The third kappa shape index (κ3) is 5.92. The molecular weight excluding hydrogens is 175 g/mol. The summed E-state index contributed by atoms with van der Waals surface area (Å²) in [5, 5.41) is -0.581. The minimum atomic E-state index is -0.624. The van der Waals surface area contributed by atoms with Crippen molar-refractivity contribution in [3.63, 3.8) is 0 Å². The Morgan fingerprint density at radius 3 is 2.60 bits per heavy atom. The first-order valence-corrected chi connectivity index (χ1v) is 3.62. The lowest BCUT2D eigenvalue weighted by Gasteiger charge is -1.98. The van der Waals surface area contributed by atoms with Gasteiger partial charge in [0.15, 0.2) is 5.22 Å². The Balaban J connectivity index is 3.60. The average molecular weight is 183 g/mol. The minimum Gasteiger partial charge on any atom is -0.483 e. The first-order chi connectivity index (χ1) is 4.66. The van der Waals surface area contributed by atoms with Crippen LogP contribution < -0.4 is 0 Å². The van der Waals surface area contributed by atoms with Crippen LogP contribution >= 0.6 is 23.2 Å². The van der Waals surface area contributed by atoms with Crippen LogP contribution in [-0.2, 0) is 9.53 Å². The van der Waals surface area contributed by atoms with E-state index in [-0.39, 0.29) is 5.22 Å². The zero-order valence-corrected chi connectivity index (χ0v) is 7.08. The van der Waals surface area contributed by atoms with Crippen LogP contribution in [0.5, 0.6) is 0 Å². The Labute approximate surface area is 69.8 Å². The maximum atomic E-state index is 10.1. The molecule has 0 atom stereocenters. The van der Waals surface area contributed by atoms with Crippen molar-refractivity contribution in [2.75, 3.05) is 6.61 Å². The van der Waals surface area contributed by atoms with Crippen LogP contribution in [0, 0.1) is 0 Å². The number of hydrogen-bond acceptors (Lipinski definition) is 2. The second-order valence-electron chi connectivity index (χ2n) is 1.60. The number of carbonyl (C=O) groups is 1. The number of allylic oxidation sites excluding steroid dienone is 1. The van der Waals surface area contributed by atoms with E-state index in [1.54, 1.807) is 0 Å². The monoisotopic (exact) mass is 182 g/mol. The summed E-state index contributed by atoms with van der Waals surface area (Å²) in [6, 6.07) is 0. The molecule has 58 valence electrons. The SMILES string of the molecule is CCCO/C(Cl)=C/C(=O)Cl. The van der Waals surface area contributed by atoms with Crippen molar-refractivity contribution in [1.29, 1.82) is 0 Å². The second kappa shape index (κ2) is 5.57. The molecule has 0 bridgehead atoms. The molecule has 2 nitrogen and oxygen atoms in total. The van der Waals surface area contributed by atoms with Gasteiger partial charge in [-0.3, -0.25) is 4.79 Å². The molecule has 4 heteroatoms. The van der Waals surface area contributed by atoms with Crippen molar-refractivity contribution >= 4 is 28.4 Å². The molecule has 0 N–H and O–H groups in total. The highest BCUT2D eigenvalue weighted by molar-refractivity contribution is 6.67. The van der Waals surface area contributed by atoms with Gasteiger partial charge >= 0.3 is 0 Å². The largest absolute Gasteiger partial charge is 0.483 e. The number of rotatable bonds is 4. The molecule has 0 radical (unpaired) electrons. The van der Waals surface area contributed by atoms with Crippen molar-refractivity contribution in [3.05, 3.63) is 11.3 Å². The van der Waals surface area contributed by atoms with Gasteiger partial charge in [-0.05, 0) is 29.6 Å². The van der Waals surface area contributed by atoms with Crippen molar-refractivity contribution in [1.82, 2.24) is 0 Å². The molecular formula is C6H8Cl2O2. The fraction of sp³-hybridized carbons (Fsp3) is 0.500. The standard InChI is InChI=1S/C6H8Cl2O2/c1-2-3-10-6(8)4-5(7)9/h4H,2-3H2,1H3/b6-4+. The van der Waals surface area contributed by atoms with Crippen LogP contribution in [-0.4, -0.2) is 11.8 Å². The molecule has 0 rings (SSSR count). The van der Waals surface area contributed by atoms with Crippen molar-refractivity contribution in [3.8, 4) is 0 Å². The van der Waals surface area contributed by atoms with Gasteiger partial charge in [0.2, 0.25) is 5.24 Å². The van der Waals surface area contributed by atoms with E-state index < -0.39 is 5.24 Å². The van der Waals surface area contributed by atoms with Gasteiger partial charge in [0.1, 0.15) is 0 Å². The lowest BCUT2D eigenvalue weighted by atomic mass is 10.5. The number of carbonyl (C=O) groups excluding carboxylic acids is 1. The number of hydrogen-bond donors (Lipinski definition) is 0. The highest BCUT2D eigenvalue weighted by Crippen LogP contribution is 2.04. The van der Waals surface area contributed by atoms with E-state index in [9.17, 15) is 4.79 Å². The molecule has 0 aromatic carbocycles. The third-order valence-electron chi connectivity index (χ3n) is 0.671. The summed E-state index contributed by atoms with van der Waals surface area (Å²) in [7, 11) is 0. The van der Waals surface area contributed by atoms with Crippen molar-refractivity contribution in [2.45, 2.75) is 13.3 Å². The van der Waals surface area contributed by atoms with Gasteiger partial charge in [0.25, 0.3) is 0 Å². The van der Waals surface area contributed by atoms with E-state index in [2.05, 4.69) is 0 Å². The molecule has 0 aliphatic carbocycles. The van der Waals surface area contributed by atoms with E-state index in [0.717, 1.165) is 12.5 Å². The van der Waals surface area contributed by atoms with Gasteiger partial charge in [0, 0.05) is 0 Å². The maximum absolute atomic E-state index is 10.1. The number of ether oxygens (including phenoxy) is 1. The van der Waals surface area contributed by atoms with E-state index in [4.69, 9.17) is 27.9 Å². The molecule has 0 saturated heterocycles. The van der Waals surface area contributed by atoms with Crippen LogP contribution in [0.2, 0.25) is 0 Å². The molecule has 10 heavy (non-hydrogen) atoms. The van der Waals surface area contributed by atoms with Crippen molar-refractivity contribution in [2.24, 2.45) is 0 Å². The average Bonchev–Trinajstić information content (AvgIpc) is 1.82. The van der Waals surface area contributed by atoms with Crippen molar-refractivity contribution < 1.29 is 9.53 Å². The van der Waals surface area contributed by atoms with E-state index in [1.165, 1.54) is 0 Å². The molecule has 0 aliphatic rings. The first kappa shape index (κ1) is 9.79. The van der Waals surface area contributed by atoms with E-state index >= 15 is 0 Å². The molecule has 0 saturated carbocycles. The Kier molecular flexibility index (Phi) is 5.45. The van der Waals surface area contributed by atoms with Crippen LogP contribution in [0.1, 0.15) is 13.3 Å². The molecule has 0 heterocycles. The normalized spacial score (nSPS) is 11.3. The smallest absolute Gasteiger partial charge is 0.249 e. The summed E-state index contributed by atoms with van der Waals surface area (Å²) in [4.78, 5) is 10.1. The molecule has 0 amide bonds. The summed E-state index contributed by atoms with van der Waals surface area (Å²) >= 11 is 10.4. The predicted molar refractivity (Wildman–Crippen MR) is 41.0 cm³/mol. The highest BCUT2D eigenvalue weighted by atomic mass is 35.5. The summed E-state index contributed by atoms with van der Waals surface area (Å²) in [6.45, 7) is 2.44. The zero-order valence-electron chi connectivity index (χ0n) is 5.56. The Morgan fingerprint density at radius 2 is 2.20 bits per heavy atom. The molecule has 0 fully saturated rings. The molecule has 0 unspecified atom stereocenters. The second-order valence-corrected chi connectivity index (χ2v) is 2.35. The van der Waals surface area contributed by atoms with Gasteiger partial charge in [-0.1, -0.05) is 6.92 Å². The minimum absolute atomic E-state index is 0.0434. The molecule has 0 aromatic rings. The van der Waals surface area contributed by atoms with Gasteiger partial charge < -0.3 is 4.74 Å². The lowest BCUT2D eigenvalue weighted by Crippen LogP contribution is -1.89. The topological polar surface area (TPSA) is 26.3 Å². The maximum Gasteiger partial charge on any atom is 0.249 e. The third-order valence-corrected chi connectivity index (χ3v) is 0.998. The molecule has 0 aromatic heterocycles. The Morgan fingerprint density at radius 1 is 1.60 bits per heavy atom. The molecule has 0 spiro atoms. The molecule has 0 aliphatic heterocycles. The van der Waals surface area contributed by atoms with Gasteiger partial charge in [0.05, 0.1) is 12.7 Å². The first-order valence-electron chi connectivity index (χ1n) is 2.86. The van der Waals surface area contributed by atoms with E-state index in [0.29, 0.717) is 6.61 Å². The van der Waals surface area contributed by atoms with Gasteiger partial charge in [-0.25, -0.2) is 0 Å². The van der Waals surface area contributed by atoms with Crippen LogP contribution in [0.3, 0.4) is 0 Å². The van der Waals surface area contributed by atoms with Gasteiger partial charge in [-0.2, -0.15) is 0 Å². The fourth-order valence-corrected chi connectivity index (χ4v) is 0.662. The fourth-order valence-electron chi connectivity index (χ4n) is 0.330. The van der Waals surface area contributed by atoms with Gasteiger partial charge in [-0.15, -0.1) is 0 Å². The van der Waals surface area contributed by atoms with Crippen LogP contribution in [0.15, 0.2) is 11.3 Å². The summed E-state index contributed by atoms with van der Waals surface area (Å²) in [5.74, 6) is 0. The Hall–Kier alpha value is -0.210. The summed E-state index contributed by atoms with van der Waals surface area (Å²) < 4.78 is 4.82. The quantitative estimate of drug-likeness (QED) is 0.379. The lowest BCUT2D eigenvalue weighted by molar-refractivity contribution is -0.107. The van der Waals surface area contributed by atoms with E-state index in [1.807, 2.05) is 6.92 Å². The Bertz CT molecular complexity index is 143. The summed E-state index contributed by atoms with van der Waals surface area (Å²) in [6.07, 6.45) is 1.87. The zero-order chi connectivity index (χ0) is 7.98. The predicted octanol–water partition coefficient (Wildman–Crippen LogP) is 2.26. The number of halogens is 2.